The number of aromatic nitrogens is 6. The van der Waals surface area contributed by atoms with Crippen molar-refractivity contribution in [2.45, 2.75) is 25.9 Å². The van der Waals surface area contributed by atoms with Crippen molar-refractivity contribution >= 4 is 33.7 Å². The number of nitrogens with two attached hydrogens (primary N) is 2. The average Bonchev–Trinajstić information content (AvgIpc) is 3.11. The van der Waals surface area contributed by atoms with Gasteiger partial charge in [-0.15, -0.1) is 0 Å². The molecule has 0 bridgehead atoms. The van der Waals surface area contributed by atoms with Gasteiger partial charge in [0.05, 0.1) is 17.4 Å². The van der Waals surface area contributed by atoms with Gasteiger partial charge >= 0.3 is 0 Å². The predicted molar refractivity (Wildman–Crippen MR) is 186 cm³/mol. The molecule has 2 atom stereocenters. The molecule has 10 nitrogen and oxygen atoms in total. The Kier molecular flexibility index (Phi) is 8.99. The summed E-state index contributed by atoms with van der Waals surface area (Å²) in [5.41, 5.74) is 19.4. The number of nitrogen functional groups attached to an aromatic ring is 1. The lowest BCUT2D eigenvalue weighted by Crippen LogP contribution is -2.13. The maximum absolute atomic E-state index is 9.39. The number of benzene rings is 2. The molecule has 0 radical (unpaired) electrons. The van der Waals surface area contributed by atoms with Gasteiger partial charge in [0.2, 0.25) is 0 Å². The first-order valence-electron chi connectivity index (χ1n) is 15.1. The number of fused-ring (bicyclic) bond motifs is 2. The van der Waals surface area contributed by atoms with E-state index in [1.54, 1.807) is 12.4 Å². The van der Waals surface area contributed by atoms with Crippen molar-refractivity contribution in [3.63, 3.8) is 0 Å². The van der Waals surface area contributed by atoms with Gasteiger partial charge in [-0.1, -0.05) is 60.7 Å². The van der Waals surface area contributed by atoms with E-state index in [0.29, 0.717) is 11.5 Å². The predicted octanol–water partition coefficient (Wildman–Crippen LogP) is 7.03. The van der Waals surface area contributed by atoms with Crippen LogP contribution in [-0.4, -0.2) is 29.9 Å². The van der Waals surface area contributed by atoms with Crippen molar-refractivity contribution in [1.29, 1.82) is 5.26 Å². The smallest absolute Gasteiger partial charge is 0.159 e. The van der Waals surface area contributed by atoms with Crippen molar-refractivity contribution < 1.29 is 0 Å². The van der Waals surface area contributed by atoms with E-state index in [-0.39, 0.29) is 23.5 Å². The molecule has 5 heterocycles. The summed E-state index contributed by atoms with van der Waals surface area (Å²) in [6.07, 6.45) is 4.83. The van der Waals surface area contributed by atoms with Crippen LogP contribution < -0.4 is 16.8 Å². The highest BCUT2D eigenvalue weighted by molar-refractivity contribution is 5.82. The third-order valence-electron chi connectivity index (χ3n) is 7.63. The Bertz CT molecular complexity index is 2200. The van der Waals surface area contributed by atoms with Gasteiger partial charge in [0.15, 0.2) is 11.3 Å². The van der Waals surface area contributed by atoms with Gasteiger partial charge in [0.25, 0.3) is 0 Å². The van der Waals surface area contributed by atoms with E-state index in [2.05, 4.69) is 48.4 Å². The van der Waals surface area contributed by atoms with Crippen LogP contribution in [0.4, 0.5) is 11.6 Å². The van der Waals surface area contributed by atoms with E-state index in [1.165, 1.54) is 6.33 Å². The van der Waals surface area contributed by atoms with Gasteiger partial charge in [-0.2, -0.15) is 5.26 Å². The highest BCUT2D eigenvalue weighted by Gasteiger charge is 2.18. The monoisotopic (exact) mass is 616 g/mol. The van der Waals surface area contributed by atoms with E-state index in [9.17, 15) is 5.26 Å². The van der Waals surface area contributed by atoms with Crippen LogP contribution in [0, 0.1) is 11.3 Å². The zero-order valence-corrected chi connectivity index (χ0v) is 25.9. The van der Waals surface area contributed by atoms with Crippen LogP contribution in [0.3, 0.4) is 0 Å². The molecule has 47 heavy (non-hydrogen) atoms. The van der Waals surface area contributed by atoms with Crippen molar-refractivity contribution in [2.24, 2.45) is 5.73 Å². The quantitative estimate of drug-likeness (QED) is 0.177. The molecule has 230 valence electrons. The summed E-state index contributed by atoms with van der Waals surface area (Å²) >= 11 is 0. The van der Waals surface area contributed by atoms with E-state index in [0.717, 1.165) is 50.1 Å². The van der Waals surface area contributed by atoms with Gasteiger partial charge in [0.1, 0.15) is 29.6 Å². The molecule has 0 aliphatic heterocycles. The zero-order chi connectivity index (χ0) is 32.8. The largest absolute Gasteiger partial charge is 0.382 e. The number of pyridine rings is 4. The van der Waals surface area contributed by atoms with E-state index >= 15 is 0 Å². The Balaban J connectivity index is 0.000000177. The molecule has 2 aromatic carbocycles. The molecule has 2 unspecified atom stereocenters. The Hall–Kier alpha value is -6.31. The van der Waals surface area contributed by atoms with Crippen molar-refractivity contribution in [3.05, 3.63) is 132 Å². The maximum atomic E-state index is 9.39. The van der Waals surface area contributed by atoms with E-state index in [1.807, 2.05) is 98.8 Å². The molecule has 5 N–H and O–H groups in total. The summed E-state index contributed by atoms with van der Waals surface area (Å²) in [5.74, 6) is 0.545. The lowest BCUT2D eigenvalue weighted by atomic mass is 9.99. The molecule has 0 amide bonds. The second-order valence-electron chi connectivity index (χ2n) is 10.9. The highest BCUT2D eigenvalue weighted by atomic mass is 15.1. The summed E-state index contributed by atoms with van der Waals surface area (Å²) in [7, 11) is 0. The minimum Gasteiger partial charge on any atom is -0.382 e. The molecule has 10 heteroatoms. The zero-order valence-electron chi connectivity index (χ0n) is 25.9. The molecular weight excluding hydrogens is 584 g/mol. The summed E-state index contributed by atoms with van der Waals surface area (Å²) < 4.78 is 0. The number of nitriles is 1. The fourth-order valence-electron chi connectivity index (χ4n) is 5.28. The van der Waals surface area contributed by atoms with Gasteiger partial charge in [-0.3, -0.25) is 0 Å². The average molecular weight is 617 g/mol. The number of hydrogen-bond acceptors (Lipinski definition) is 10. The second-order valence-corrected chi connectivity index (χ2v) is 10.9. The number of nitrogens with zero attached hydrogens (tertiary/aromatic N) is 7. The molecule has 5 aromatic heterocycles. The standard InChI is InChI=1S/C21H17N7.C16H15N3/c1-13(27-21-17(11-22)19(23)25-12-26-21)16-10-15-8-5-9-24-20(15)28-18(16)14-6-3-2-4-7-14;1-11(17)14-10-13-8-5-9-18-16(13)19-15(14)12-6-3-2-4-7-12/h2-10,12-13H,1H3,(H3,23,25,26,27);2-11H,17H2,1H3. The number of hydrogen-bond donors (Lipinski definition) is 3. The first-order chi connectivity index (χ1) is 22.9. The minimum absolute atomic E-state index is 0.0627. The molecule has 7 aromatic rings. The lowest BCUT2D eigenvalue weighted by molar-refractivity contribution is 0.817. The van der Waals surface area contributed by atoms with Crippen LogP contribution in [0.5, 0.6) is 0 Å². The fraction of sp³-hybridized carbons (Fsp3) is 0.108. The van der Waals surface area contributed by atoms with Crippen LogP contribution >= 0.6 is 0 Å². The van der Waals surface area contributed by atoms with E-state index in [4.69, 9.17) is 16.5 Å². The van der Waals surface area contributed by atoms with Crippen molar-refractivity contribution in [1.82, 2.24) is 29.9 Å². The molecule has 0 saturated heterocycles. The second kappa shape index (κ2) is 13.8. The van der Waals surface area contributed by atoms with Crippen LogP contribution in [0.15, 0.2) is 116 Å². The third-order valence-corrected chi connectivity index (χ3v) is 7.63. The normalized spacial score (nSPS) is 12.0. The Morgan fingerprint density at radius 2 is 1.21 bits per heavy atom. The lowest BCUT2D eigenvalue weighted by Gasteiger charge is -2.19. The number of anilines is 2. The summed E-state index contributed by atoms with van der Waals surface area (Å²) in [6.45, 7) is 3.97. The molecule has 7 rings (SSSR count). The van der Waals surface area contributed by atoms with Gasteiger partial charge in [0, 0.05) is 45.9 Å². The van der Waals surface area contributed by atoms with E-state index < -0.39 is 0 Å². The SMILES string of the molecule is CC(N)c1cc2cccnc2nc1-c1ccccc1.CC(Nc1ncnc(N)c1C#N)c1cc2cccnc2nc1-c1ccccc1. The van der Waals surface area contributed by atoms with Crippen LogP contribution in [0.25, 0.3) is 44.6 Å². The van der Waals surface area contributed by atoms with Crippen molar-refractivity contribution in [3.8, 4) is 28.6 Å². The van der Waals surface area contributed by atoms with Gasteiger partial charge < -0.3 is 16.8 Å². The number of rotatable bonds is 6. The van der Waals surface area contributed by atoms with Crippen LogP contribution in [-0.2, 0) is 0 Å². The minimum atomic E-state index is -0.186. The maximum Gasteiger partial charge on any atom is 0.159 e. The Morgan fingerprint density at radius 1 is 0.681 bits per heavy atom. The Morgan fingerprint density at radius 3 is 1.74 bits per heavy atom. The molecular formula is C37H32N10. The molecule has 0 aliphatic rings. The first-order valence-corrected chi connectivity index (χ1v) is 15.1. The Labute approximate surface area is 272 Å². The summed E-state index contributed by atoms with van der Waals surface area (Å²) in [5, 5.41) is 14.6. The molecule has 0 spiro atoms. The topological polar surface area (TPSA) is 165 Å². The fourth-order valence-corrected chi connectivity index (χ4v) is 5.28. The number of nitrogens with one attached hydrogen (secondary N) is 1. The van der Waals surface area contributed by atoms with Gasteiger partial charge in [-0.25, -0.2) is 29.9 Å². The molecule has 0 fully saturated rings. The molecule has 0 aliphatic carbocycles. The first kappa shape index (κ1) is 30.7. The van der Waals surface area contributed by atoms with Crippen LogP contribution in [0.2, 0.25) is 0 Å². The highest BCUT2D eigenvalue weighted by Crippen LogP contribution is 2.32. The van der Waals surface area contributed by atoms with Crippen LogP contribution in [0.1, 0.15) is 42.6 Å². The third kappa shape index (κ3) is 6.71. The molecule has 0 saturated carbocycles. The summed E-state index contributed by atoms with van der Waals surface area (Å²) in [6, 6.07) is 33.8. The van der Waals surface area contributed by atoms with Gasteiger partial charge in [-0.05, 0) is 55.8 Å². The van der Waals surface area contributed by atoms with Crippen molar-refractivity contribution in [2.75, 3.05) is 11.1 Å². The summed E-state index contributed by atoms with van der Waals surface area (Å²) in [4.78, 5) is 26.2.